The molecular weight excluding hydrogens is 306 g/mol. The highest BCUT2D eigenvalue weighted by Gasteiger charge is 2.15. The fraction of sp³-hybridized carbons (Fsp3) is 0.316. The van der Waals surface area contributed by atoms with Gasteiger partial charge in [0.2, 0.25) is 0 Å². The van der Waals surface area contributed by atoms with Gasteiger partial charge >= 0.3 is 0 Å². The Balaban J connectivity index is 1.93. The maximum Gasteiger partial charge on any atom is 0.265 e. The number of carbonyl (C=O) groups is 1. The van der Waals surface area contributed by atoms with E-state index in [1.54, 1.807) is 38.3 Å². The second-order valence-corrected chi connectivity index (χ2v) is 5.62. The van der Waals surface area contributed by atoms with Crippen molar-refractivity contribution < 1.29 is 19.0 Å². The lowest BCUT2D eigenvalue weighted by atomic mass is 10.2. The topological polar surface area (TPSA) is 56.8 Å². The Hall–Kier alpha value is -2.69. The van der Waals surface area contributed by atoms with Crippen molar-refractivity contribution in [3.63, 3.8) is 0 Å². The molecule has 2 rings (SSSR count). The lowest BCUT2D eigenvalue weighted by Gasteiger charge is -2.15. The first-order valence-corrected chi connectivity index (χ1v) is 7.86. The van der Waals surface area contributed by atoms with Gasteiger partial charge in [0.15, 0.2) is 6.10 Å². The number of anilines is 1. The highest BCUT2D eigenvalue weighted by atomic mass is 16.5. The minimum Gasteiger partial charge on any atom is -0.497 e. The fourth-order valence-corrected chi connectivity index (χ4v) is 2.07. The number of carbonyl (C=O) groups excluding carboxylic acids is 1. The van der Waals surface area contributed by atoms with Crippen LogP contribution in [0.3, 0.4) is 0 Å². The van der Waals surface area contributed by atoms with Crippen LogP contribution in [0, 0.1) is 0 Å². The maximum absolute atomic E-state index is 12.2. The highest BCUT2D eigenvalue weighted by molar-refractivity contribution is 5.94. The molecule has 24 heavy (non-hydrogen) atoms. The molecule has 0 fully saturated rings. The number of hydrogen-bond donors (Lipinski definition) is 1. The molecule has 0 unspecified atom stereocenters. The van der Waals surface area contributed by atoms with Gasteiger partial charge in [0, 0.05) is 11.8 Å². The van der Waals surface area contributed by atoms with Gasteiger partial charge in [0.05, 0.1) is 13.2 Å². The molecule has 0 aliphatic rings. The van der Waals surface area contributed by atoms with Gasteiger partial charge in [-0.2, -0.15) is 0 Å². The quantitative estimate of drug-likeness (QED) is 0.837. The van der Waals surface area contributed by atoms with Crippen LogP contribution in [0.25, 0.3) is 0 Å². The first-order chi connectivity index (χ1) is 11.5. The Morgan fingerprint density at radius 3 is 2.21 bits per heavy atom. The predicted molar refractivity (Wildman–Crippen MR) is 93.9 cm³/mol. The Morgan fingerprint density at radius 1 is 0.917 bits per heavy atom. The molecule has 128 valence electrons. The molecule has 0 spiro atoms. The third-order valence-electron chi connectivity index (χ3n) is 3.22. The van der Waals surface area contributed by atoms with Crippen molar-refractivity contribution in [2.24, 2.45) is 0 Å². The second-order valence-electron chi connectivity index (χ2n) is 5.62. The standard InChI is InChI=1S/C19H23NO4/c1-13(2)23-16-10-8-15(9-11-16)20-19(21)14(3)24-18-7-5-6-17(12-18)22-4/h5-14H,1-4H3,(H,20,21)/t14-/m0/s1. The summed E-state index contributed by atoms with van der Waals surface area (Å²) in [6.07, 6.45) is -0.523. The Morgan fingerprint density at radius 2 is 1.58 bits per heavy atom. The van der Waals surface area contributed by atoms with Crippen LogP contribution < -0.4 is 19.5 Å². The van der Waals surface area contributed by atoms with Gasteiger partial charge in [-0.05, 0) is 57.2 Å². The summed E-state index contributed by atoms with van der Waals surface area (Å²) in [5.41, 5.74) is 0.692. The van der Waals surface area contributed by atoms with E-state index in [0.29, 0.717) is 17.2 Å². The first-order valence-electron chi connectivity index (χ1n) is 7.86. The largest absolute Gasteiger partial charge is 0.497 e. The zero-order valence-electron chi connectivity index (χ0n) is 14.4. The SMILES string of the molecule is COc1cccc(O[C@@H](C)C(=O)Nc2ccc(OC(C)C)cc2)c1. The van der Waals surface area contributed by atoms with Crippen LogP contribution in [-0.2, 0) is 4.79 Å². The smallest absolute Gasteiger partial charge is 0.265 e. The average Bonchev–Trinajstić information content (AvgIpc) is 2.56. The molecule has 1 N–H and O–H groups in total. The van der Waals surface area contributed by atoms with Crippen LogP contribution in [0.15, 0.2) is 48.5 Å². The van der Waals surface area contributed by atoms with Crippen LogP contribution in [0.2, 0.25) is 0 Å². The van der Waals surface area contributed by atoms with E-state index in [-0.39, 0.29) is 12.0 Å². The van der Waals surface area contributed by atoms with Crippen molar-refractivity contribution in [3.8, 4) is 17.2 Å². The normalized spacial score (nSPS) is 11.7. The van der Waals surface area contributed by atoms with E-state index >= 15 is 0 Å². The van der Waals surface area contributed by atoms with Gasteiger partial charge in [0.25, 0.3) is 5.91 Å². The number of amides is 1. The lowest BCUT2D eigenvalue weighted by molar-refractivity contribution is -0.122. The molecule has 0 saturated heterocycles. The summed E-state index contributed by atoms with van der Waals surface area (Å²) in [5.74, 6) is 1.80. The summed E-state index contributed by atoms with van der Waals surface area (Å²) < 4.78 is 16.4. The van der Waals surface area contributed by atoms with Crippen molar-refractivity contribution >= 4 is 11.6 Å². The summed E-state index contributed by atoms with van der Waals surface area (Å²) in [6, 6.07) is 14.4. The molecule has 0 aliphatic heterocycles. The van der Waals surface area contributed by atoms with Crippen LogP contribution in [0.4, 0.5) is 5.69 Å². The Labute approximate surface area is 142 Å². The summed E-state index contributed by atoms with van der Waals surface area (Å²) in [5, 5.41) is 2.82. The third kappa shape index (κ3) is 5.19. The molecule has 5 heteroatoms. The van der Waals surface area contributed by atoms with Crippen LogP contribution in [0.5, 0.6) is 17.2 Å². The fourth-order valence-electron chi connectivity index (χ4n) is 2.07. The van der Waals surface area contributed by atoms with Crippen molar-refractivity contribution in [1.82, 2.24) is 0 Å². The zero-order valence-corrected chi connectivity index (χ0v) is 14.4. The maximum atomic E-state index is 12.2. The summed E-state index contributed by atoms with van der Waals surface area (Å²) in [6.45, 7) is 5.63. The summed E-state index contributed by atoms with van der Waals surface area (Å²) >= 11 is 0. The van der Waals surface area contributed by atoms with E-state index in [9.17, 15) is 4.79 Å². The molecule has 0 heterocycles. The van der Waals surface area contributed by atoms with Gasteiger partial charge in [-0.1, -0.05) is 6.07 Å². The van der Waals surface area contributed by atoms with Crippen molar-refractivity contribution in [2.75, 3.05) is 12.4 Å². The monoisotopic (exact) mass is 329 g/mol. The summed E-state index contributed by atoms with van der Waals surface area (Å²) in [4.78, 5) is 12.2. The average molecular weight is 329 g/mol. The number of benzene rings is 2. The van der Waals surface area contributed by atoms with Crippen LogP contribution in [-0.4, -0.2) is 25.2 Å². The van der Waals surface area contributed by atoms with Crippen molar-refractivity contribution in [3.05, 3.63) is 48.5 Å². The minimum atomic E-state index is -0.635. The van der Waals surface area contributed by atoms with Crippen molar-refractivity contribution in [1.29, 1.82) is 0 Å². The van der Waals surface area contributed by atoms with Gasteiger partial charge in [-0.3, -0.25) is 4.79 Å². The number of rotatable bonds is 7. The number of hydrogen-bond acceptors (Lipinski definition) is 4. The third-order valence-corrected chi connectivity index (χ3v) is 3.22. The molecule has 2 aromatic carbocycles. The number of ether oxygens (including phenoxy) is 3. The van der Waals surface area contributed by atoms with Gasteiger partial charge in [0.1, 0.15) is 17.2 Å². The molecule has 0 radical (unpaired) electrons. The zero-order chi connectivity index (χ0) is 17.5. The van der Waals surface area contributed by atoms with E-state index in [0.717, 1.165) is 5.75 Å². The molecular formula is C19H23NO4. The minimum absolute atomic E-state index is 0.113. The molecule has 0 aromatic heterocycles. The van der Waals surface area contributed by atoms with E-state index in [4.69, 9.17) is 14.2 Å². The van der Waals surface area contributed by atoms with Gasteiger partial charge in [-0.15, -0.1) is 0 Å². The highest BCUT2D eigenvalue weighted by Crippen LogP contribution is 2.21. The second kappa shape index (κ2) is 8.24. The predicted octanol–water partition coefficient (Wildman–Crippen LogP) is 3.89. The van der Waals surface area contributed by atoms with E-state index in [1.165, 1.54) is 0 Å². The number of nitrogens with one attached hydrogen (secondary N) is 1. The molecule has 0 aliphatic carbocycles. The lowest BCUT2D eigenvalue weighted by Crippen LogP contribution is -2.30. The van der Waals surface area contributed by atoms with Crippen LogP contribution >= 0.6 is 0 Å². The molecule has 2 aromatic rings. The number of methoxy groups -OCH3 is 1. The van der Waals surface area contributed by atoms with E-state index < -0.39 is 6.10 Å². The molecule has 0 saturated carbocycles. The van der Waals surface area contributed by atoms with Gasteiger partial charge < -0.3 is 19.5 Å². The van der Waals surface area contributed by atoms with E-state index in [2.05, 4.69) is 5.32 Å². The summed E-state index contributed by atoms with van der Waals surface area (Å²) in [7, 11) is 1.59. The molecule has 1 atom stereocenters. The van der Waals surface area contributed by atoms with Crippen molar-refractivity contribution in [2.45, 2.75) is 33.0 Å². The molecule has 5 nitrogen and oxygen atoms in total. The molecule has 1 amide bonds. The van der Waals surface area contributed by atoms with Crippen LogP contribution in [0.1, 0.15) is 20.8 Å². The van der Waals surface area contributed by atoms with E-state index in [1.807, 2.05) is 38.1 Å². The molecule has 0 bridgehead atoms. The Kier molecular flexibility index (Phi) is 6.07. The van der Waals surface area contributed by atoms with Gasteiger partial charge in [-0.25, -0.2) is 0 Å². The Bertz CT molecular complexity index is 667. The first kappa shape index (κ1) is 17.7.